The molecule has 0 aromatic carbocycles. The molecule has 2 N–H and O–H groups in total. The van der Waals surface area contributed by atoms with Gasteiger partial charge >= 0.3 is 5.97 Å². The summed E-state index contributed by atoms with van der Waals surface area (Å²) >= 11 is 0. The second kappa shape index (κ2) is 6.54. The zero-order chi connectivity index (χ0) is 15.3. The molecule has 0 amide bonds. The zero-order valence-corrected chi connectivity index (χ0v) is 12.7. The van der Waals surface area contributed by atoms with Crippen molar-refractivity contribution >= 4 is 11.8 Å². The van der Waals surface area contributed by atoms with E-state index >= 15 is 0 Å². The number of rotatable bonds is 6. The molecule has 0 fully saturated rings. The van der Waals surface area contributed by atoms with Crippen molar-refractivity contribution in [2.75, 3.05) is 12.4 Å². The number of ether oxygens (including phenoxy) is 1. The number of hydrogen-bond acceptors (Lipinski definition) is 5. The molecular weight excluding hydrogens is 258 g/mol. The van der Waals surface area contributed by atoms with Gasteiger partial charge in [0.15, 0.2) is 0 Å². The summed E-state index contributed by atoms with van der Waals surface area (Å²) in [5, 5.41) is 12.2. The first-order valence-electron chi connectivity index (χ1n) is 6.57. The van der Waals surface area contributed by atoms with E-state index in [9.17, 15) is 4.79 Å². The van der Waals surface area contributed by atoms with Crippen LogP contribution < -0.4 is 10.1 Å². The summed E-state index contributed by atoms with van der Waals surface area (Å²) in [5.41, 5.74) is 0.803. The van der Waals surface area contributed by atoms with Gasteiger partial charge in [-0.1, -0.05) is 20.8 Å². The van der Waals surface area contributed by atoms with Crippen molar-refractivity contribution in [1.82, 2.24) is 9.97 Å². The van der Waals surface area contributed by atoms with Gasteiger partial charge in [0, 0.05) is 6.04 Å². The van der Waals surface area contributed by atoms with Crippen molar-refractivity contribution in [1.29, 1.82) is 0 Å². The van der Waals surface area contributed by atoms with E-state index in [0.717, 1.165) is 12.0 Å². The highest BCUT2D eigenvalue weighted by Gasteiger charge is 2.22. The number of anilines is 1. The molecule has 0 radical (unpaired) electrons. The predicted molar refractivity (Wildman–Crippen MR) is 77.1 cm³/mol. The van der Waals surface area contributed by atoms with Crippen LogP contribution in [0, 0.1) is 12.3 Å². The standard InChI is InChI=1S/C14H23N3O3/c1-9-12(15-8-16-13(9)20-5)17-10(6-11(18)19)7-14(2,3)4/h8,10H,6-7H2,1-5H3,(H,18,19)(H,15,16,17). The highest BCUT2D eigenvalue weighted by Crippen LogP contribution is 2.26. The fourth-order valence-electron chi connectivity index (χ4n) is 2.10. The minimum Gasteiger partial charge on any atom is -0.481 e. The van der Waals surface area contributed by atoms with Gasteiger partial charge in [-0.3, -0.25) is 4.79 Å². The lowest BCUT2D eigenvalue weighted by molar-refractivity contribution is -0.137. The maximum Gasteiger partial charge on any atom is 0.305 e. The summed E-state index contributed by atoms with van der Waals surface area (Å²) in [7, 11) is 1.54. The molecule has 20 heavy (non-hydrogen) atoms. The van der Waals surface area contributed by atoms with E-state index in [1.54, 1.807) is 7.11 Å². The second-order valence-corrected chi connectivity index (χ2v) is 6.06. The predicted octanol–water partition coefficient (Wildman–Crippen LogP) is 2.49. The number of nitrogens with zero attached hydrogens (tertiary/aromatic N) is 2. The lowest BCUT2D eigenvalue weighted by Crippen LogP contribution is -2.29. The Morgan fingerprint density at radius 1 is 1.45 bits per heavy atom. The Labute approximate surface area is 119 Å². The van der Waals surface area contributed by atoms with Gasteiger partial charge in [-0.15, -0.1) is 0 Å². The fourth-order valence-corrected chi connectivity index (χ4v) is 2.10. The summed E-state index contributed by atoms with van der Waals surface area (Å²) in [5.74, 6) is 0.283. The summed E-state index contributed by atoms with van der Waals surface area (Å²) in [4.78, 5) is 19.2. The smallest absolute Gasteiger partial charge is 0.305 e. The minimum atomic E-state index is -0.828. The van der Waals surface area contributed by atoms with Crippen molar-refractivity contribution in [3.63, 3.8) is 0 Å². The number of aromatic nitrogens is 2. The molecule has 0 spiro atoms. The fraction of sp³-hybridized carbons (Fsp3) is 0.643. The highest BCUT2D eigenvalue weighted by atomic mass is 16.5. The van der Waals surface area contributed by atoms with Gasteiger partial charge in [0.1, 0.15) is 12.1 Å². The average molecular weight is 281 g/mol. The SMILES string of the molecule is COc1ncnc(NC(CC(=O)O)CC(C)(C)C)c1C. The molecule has 0 bridgehead atoms. The Hall–Kier alpha value is -1.85. The van der Waals surface area contributed by atoms with Gasteiger partial charge in [-0.2, -0.15) is 0 Å². The number of nitrogens with one attached hydrogen (secondary N) is 1. The largest absolute Gasteiger partial charge is 0.481 e. The van der Waals surface area contributed by atoms with Crippen LogP contribution in [0.25, 0.3) is 0 Å². The first kappa shape index (κ1) is 16.2. The van der Waals surface area contributed by atoms with Gasteiger partial charge < -0.3 is 15.2 Å². The molecule has 0 aliphatic heterocycles. The Morgan fingerprint density at radius 2 is 2.10 bits per heavy atom. The van der Waals surface area contributed by atoms with Crippen LogP contribution in [0.1, 0.15) is 39.2 Å². The molecule has 0 saturated carbocycles. The van der Waals surface area contributed by atoms with Crippen molar-refractivity contribution in [3.05, 3.63) is 11.9 Å². The van der Waals surface area contributed by atoms with Gasteiger partial charge in [0.2, 0.25) is 5.88 Å². The van der Waals surface area contributed by atoms with E-state index in [2.05, 4.69) is 36.1 Å². The normalized spacial score (nSPS) is 12.8. The molecule has 112 valence electrons. The number of carboxylic acids is 1. The molecule has 1 aromatic rings. The van der Waals surface area contributed by atoms with E-state index in [-0.39, 0.29) is 17.9 Å². The number of hydrogen-bond donors (Lipinski definition) is 2. The lowest BCUT2D eigenvalue weighted by atomic mass is 9.87. The van der Waals surface area contributed by atoms with Crippen molar-refractivity contribution in [2.24, 2.45) is 5.41 Å². The van der Waals surface area contributed by atoms with Crippen molar-refractivity contribution < 1.29 is 14.6 Å². The Morgan fingerprint density at radius 3 is 2.60 bits per heavy atom. The first-order chi connectivity index (χ1) is 9.23. The topological polar surface area (TPSA) is 84.3 Å². The van der Waals surface area contributed by atoms with Crippen LogP contribution in [0.2, 0.25) is 0 Å². The van der Waals surface area contributed by atoms with Crippen LogP contribution >= 0.6 is 0 Å². The van der Waals surface area contributed by atoms with Crippen molar-refractivity contribution in [2.45, 2.75) is 46.6 Å². The van der Waals surface area contributed by atoms with Gasteiger partial charge in [-0.05, 0) is 18.8 Å². The minimum absolute atomic E-state index is 0.0259. The number of carbonyl (C=O) groups is 1. The molecule has 1 aromatic heterocycles. The van der Waals surface area contributed by atoms with Crippen LogP contribution in [0.3, 0.4) is 0 Å². The quantitative estimate of drug-likeness (QED) is 0.833. The molecule has 1 atom stereocenters. The van der Waals surface area contributed by atoms with E-state index < -0.39 is 5.97 Å². The maximum atomic E-state index is 11.0. The van der Waals surface area contributed by atoms with E-state index in [0.29, 0.717) is 11.7 Å². The second-order valence-electron chi connectivity index (χ2n) is 6.06. The number of methoxy groups -OCH3 is 1. The van der Waals surface area contributed by atoms with Gasteiger partial charge in [0.25, 0.3) is 0 Å². The van der Waals surface area contributed by atoms with E-state index in [1.165, 1.54) is 6.33 Å². The average Bonchev–Trinajstić information content (AvgIpc) is 2.28. The van der Waals surface area contributed by atoms with E-state index in [4.69, 9.17) is 9.84 Å². The summed E-state index contributed by atoms with van der Waals surface area (Å²) < 4.78 is 5.14. The molecule has 1 heterocycles. The molecule has 0 aliphatic rings. The number of aliphatic carboxylic acids is 1. The van der Waals surface area contributed by atoms with Crippen LogP contribution in [-0.2, 0) is 4.79 Å². The summed E-state index contributed by atoms with van der Waals surface area (Å²) in [6, 6.07) is -0.189. The van der Waals surface area contributed by atoms with Crippen molar-refractivity contribution in [3.8, 4) is 5.88 Å². The van der Waals surface area contributed by atoms with Crippen LogP contribution in [0.15, 0.2) is 6.33 Å². The highest BCUT2D eigenvalue weighted by molar-refractivity contribution is 5.68. The third-order valence-corrected chi connectivity index (χ3v) is 2.85. The monoisotopic (exact) mass is 281 g/mol. The Balaban J connectivity index is 2.91. The summed E-state index contributed by atoms with van der Waals surface area (Å²) in [6.07, 6.45) is 2.18. The summed E-state index contributed by atoms with van der Waals surface area (Å²) in [6.45, 7) is 8.08. The molecule has 1 unspecified atom stereocenters. The van der Waals surface area contributed by atoms with Gasteiger partial charge in [-0.25, -0.2) is 9.97 Å². The third kappa shape index (κ3) is 5.03. The molecule has 6 nitrogen and oxygen atoms in total. The van der Waals surface area contributed by atoms with E-state index in [1.807, 2.05) is 6.92 Å². The Kier molecular flexibility index (Phi) is 5.30. The first-order valence-corrected chi connectivity index (χ1v) is 6.57. The number of carboxylic acid groups (broad SMARTS) is 1. The lowest BCUT2D eigenvalue weighted by Gasteiger charge is -2.26. The van der Waals surface area contributed by atoms with Crippen LogP contribution in [-0.4, -0.2) is 34.2 Å². The molecule has 0 saturated heterocycles. The molecular formula is C14H23N3O3. The Bertz CT molecular complexity index is 469. The molecule has 0 aliphatic carbocycles. The van der Waals surface area contributed by atoms with Crippen LogP contribution in [0.4, 0.5) is 5.82 Å². The maximum absolute atomic E-state index is 11.0. The molecule has 6 heteroatoms. The third-order valence-electron chi connectivity index (χ3n) is 2.85. The van der Waals surface area contributed by atoms with Gasteiger partial charge in [0.05, 0.1) is 19.1 Å². The zero-order valence-electron chi connectivity index (χ0n) is 12.7. The van der Waals surface area contributed by atoms with Crippen LogP contribution in [0.5, 0.6) is 5.88 Å². The molecule has 1 rings (SSSR count).